The fourth-order valence-electron chi connectivity index (χ4n) is 2.72. The van der Waals surface area contributed by atoms with Crippen LogP contribution in [0.15, 0.2) is 45.8 Å². The van der Waals surface area contributed by atoms with Crippen molar-refractivity contribution >= 4 is 50.6 Å². The van der Waals surface area contributed by atoms with Crippen LogP contribution in [-0.4, -0.2) is 34.6 Å². The number of rotatable bonds is 7. The van der Waals surface area contributed by atoms with Gasteiger partial charge in [0.1, 0.15) is 6.61 Å². The highest BCUT2D eigenvalue weighted by Crippen LogP contribution is 2.38. The van der Waals surface area contributed by atoms with Crippen LogP contribution in [0.5, 0.6) is 11.5 Å². The lowest BCUT2D eigenvalue weighted by Crippen LogP contribution is -2.28. The van der Waals surface area contributed by atoms with Crippen molar-refractivity contribution in [2.75, 3.05) is 13.7 Å². The SMILES string of the molecule is C#CCN1C(=O)S/C(=C/c2cc(OC)c(OCc3cccc([N+](=O)[O-])c3)cc2Br)C1=O. The fraction of sp³-hybridized carbons (Fsp3) is 0.143. The second-order valence-corrected chi connectivity index (χ2v) is 8.06. The van der Waals surface area contributed by atoms with Crippen LogP contribution < -0.4 is 9.47 Å². The summed E-state index contributed by atoms with van der Waals surface area (Å²) >= 11 is 4.24. The minimum Gasteiger partial charge on any atom is -0.493 e. The number of thioether (sulfide) groups is 1. The Morgan fingerprint density at radius 1 is 1.29 bits per heavy atom. The van der Waals surface area contributed by atoms with Gasteiger partial charge in [-0.25, -0.2) is 0 Å². The number of hydrogen-bond donors (Lipinski definition) is 0. The summed E-state index contributed by atoms with van der Waals surface area (Å²) in [4.78, 5) is 36.0. The van der Waals surface area contributed by atoms with Crippen molar-refractivity contribution in [2.45, 2.75) is 6.61 Å². The van der Waals surface area contributed by atoms with Crippen molar-refractivity contribution in [1.82, 2.24) is 4.90 Å². The Hall–Kier alpha value is -3.29. The average Bonchev–Trinajstić information content (AvgIpc) is 3.01. The van der Waals surface area contributed by atoms with Crippen molar-refractivity contribution in [1.29, 1.82) is 0 Å². The lowest BCUT2D eigenvalue weighted by atomic mass is 10.1. The molecule has 0 bridgehead atoms. The molecule has 2 aromatic rings. The maximum Gasteiger partial charge on any atom is 0.294 e. The Bertz CT molecular complexity index is 1140. The molecule has 1 heterocycles. The average molecular weight is 503 g/mol. The lowest BCUT2D eigenvalue weighted by Gasteiger charge is -2.13. The van der Waals surface area contributed by atoms with Crippen molar-refractivity contribution in [3.63, 3.8) is 0 Å². The number of amides is 2. The van der Waals surface area contributed by atoms with Crippen LogP contribution in [0.3, 0.4) is 0 Å². The highest BCUT2D eigenvalue weighted by atomic mass is 79.9. The summed E-state index contributed by atoms with van der Waals surface area (Å²) in [6.45, 7) is 0.00568. The van der Waals surface area contributed by atoms with Gasteiger partial charge in [0.15, 0.2) is 11.5 Å². The van der Waals surface area contributed by atoms with Crippen molar-refractivity contribution < 1.29 is 24.0 Å². The molecule has 2 aromatic carbocycles. The van der Waals surface area contributed by atoms with Gasteiger partial charge in [0.2, 0.25) is 0 Å². The molecule has 3 rings (SSSR count). The summed E-state index contributed by atoms with van der Waals surface area (Å²) < 4.78 is 11.8. The number of nitro groups is 1. The number of ether oxygens (including phenoxy) is 2. The fourth-order valence-corrected chi connectivity index (χ4v) is 3.99. The number of carbonyl (C=O) groups excluding carboxylic acids is 2. The first kappa shape index (κ1) is 22.4. The van der Waals surface area contributed by atoms with E-state index in [1.54, 1.807) is 30.3 Å². The van der Waals surface area contributed by atoms with E-state index in [9.17, 15) is 19.7 Å². The van der Waals surface area contributed by atoms with E-state index in [1.807, 2.05) is 0 Å². The van der Waals surface area contributed by atoms with E-state index in [0.717, 1.165) is 16.7 Å². The van der Waals surface area contributed by atoms with E-state index >= 15 is 0 Å². The predicted octanol–water partition coefficient (Wildman–Crippen LogP) is 4.61. The summed E-state index contributed by atoms with van der Waals surface area (Å²) in [5.41, 5.74) is 1.20. The largest absolute Gasteiger partial charge is 0.493 e. The van der Waals surface area contributed by atoms with E-state index in [2.05, 4.69) is 21.9 Å². The van der Waals surface area contributed by atoms with Gasteiger partial charge in [0, 0.05) is 16.6 Å². The molecule has 1 saturated heterocycles. The molecule has 0 aromatic heterocycles. The van der Waals surface area contributed by atoms with Crippen LogP contribution in [0.2, 0.25) is 0 Å². The number of nitrogens with zero attached hydrogens (tertiary/aromatic N) is 2. The first-order chi connectivity index (χ1) is 14.8. The van der Waals surface area contributed by atoms with E-state index in [4.69, 9.17) is 15.9 Å². The molecule has 0 unspecified atom stereocenters. The molecule has 10 heteroatoms. The smallest absolute Gasteiger partial charge is 0.294 e. The van der Waals surface area contributed by atoms with Gasteiger partial charge >= 0.3 is 0 Å². The molecular weight excluding hydrogens is 488 g/mol. The molecule has 158 valence electrons. The molecule has 0 aliphatic carbocycles. The van der Waals surface area contributed by atoms with Gasteiger partial charge in [-0.15, -0.1) is 6.42 Å². The molecular formula is C21H15BrN2O6S. The van der Waals surface area contributed by atoms with Crippen molar-refractivity contribution in [3.8, 4) is 23.8 Å². The number of methoxy groups -OCH3 is 1. The number of nitro benzene ring substituents is 1. The maximum atomic E-state index is 12.4. The van der Waals surface area contributed by atoms with E-state index < -0.39 is 16.1 Å². The van der Waals surface area contributed by atoms with Crippen LogP contribution in [0.25, 0.3) is 6.08 Å². The third kappa shape index (κ3) is 5.07. The monoisotopic (exact) mass is 502 g/mol. The second-order valence-electron chi connectivity index (χ2n) is 6.21. The molecule has 0 atom stereocenters. The van der Waals surface area contributed by atoms with Gasteiger partial charge in [0.05, 0.1) is 23.5 Å². The normalized spacial score (nSPS) is 14.6. The van der Waals surface area contributed by atoms with Gasteiger partial charge in [-0.05, 0) is 41.1 Å². The summed E-state index contributed by atoms with van der Waals surface area (Å²) in [5, 5.41) is 10.5. The molecule has 0 N–H and O–H groups in total. The third-order valence-corrected chi connectivity index (χ3v) is 5.80. The zero-order chi connectivity index (χ0) is 22.5. The Morgan fingerprint density at radius 2 is 2.06 bits per heavy atom. The maximum absolute atomic E-state index is 12.4. The molecule has 31 heavy (non-hydrogen) atoms. The highest BCUT2D eigenvalue weighted by Gasteiger charge is 2.34. The quantitative estimate of drug-likeness (QED) is 0.235. The van der Waals surface area contributed by atoms with E-state index in [0.29, 0.717) is 27.1 Å². The topological polar surface area (TPSA) is 99.0 Å². The number of terminal acetylenes is 1. The standard InChI is InChI=1S/C21H15BrN2O6S/c1-3-7-23-20(25)19(31-21(23)26)10-14-9-17(29-2)18(11-16(14)22)30-12-13-5-4-6-15(8-13)24(27)28/h1,4-6,8-11H,7,12H2,2H3/b19-10+. The minimum absolute atomic E-state index is 0.0247. The molecule has 0 radical (unpaired) electrons. The number of benzene rings is 2. The van der Waals surface area contributed by atoms with Gasteiger partial charge in [-0.1, -0.05) is 34.0 Å². The first-order valence-electron chi connectivity index (χ1n) is 8.76. The number of halogens is 1. The third-order valence-electron chi connectivity index (χ3n) is 4.21. The zero-order valence-corrected chi connectivity index (χ0v) is 18.6. The molecule has 8 nitrogen and oxygen atoms in total. The van der Waals surface area contributed by atoms with Gasteiger partial charge < -0.3 is 9.47 Å². The molecule has 0 saturated carbocycles. The summed E-state index contributed by atoms with van der Waals surface area (Å²) in [6.07, 6.45) is 6.77. The highest BCUT2D eigenvalue weighted by molar-refractivity contribution is 9.10. The van der Waals surface area contributed by atoms with Crippen LogP contribution >= 0.6 is 27.7 Å². The Morgan fingerprint density at radius 3 is 2.74 bits per heavy atom. The predicted molar refractivity (Wildman–Crippen MR) is 120 cm³/mol. The molecule has 1 aliphatic rings. The Kier molecular flexibility index (Phi) is 6.99. The molecule has 1 aliphatic heterocycles. The summed E-state index contributed by atoms with van der Waals surface area (Å²) in [7, 11) is 1.47. The van der Waals surface area contributed by atoms with Gasteiger partial charge in [0.25, 0.3) is 16.8 Å². The molecule has 1 fully saturated rings. The van der Waals surface area contributed by atoms with E-state index in [1.165, 1.54) is 19.2 Å². The van der Waals surface area contributed by atoms with Gasteiger partial charge in [-0.3, -0.25) is 24.6 Å². The lowest BCUT2D eigenvalue weighted by molar-refractivity contribution is -0.384. The number of hydrogen-bond acceptors (Lipinski definition) is 7. The molecule has 0 spiro atoms. The molecule has 2 amide bonds. The Balaban J connectivity index is 1.83. The van der Waals surface area contributed by atoms with Crippen LogP contribution in [0.1, 0.15) is 11.1 Å². The second kappa shape index (κ2) is 9.68. The van der Waals surface area contributed by atoms with Crippen LogP contribution in [-0.2, 0) is 11.4 Å². The summed E-state index contributed by atoms with van der Waals surface area (Å²) in [5.74, 6) is 2.63. The van der Waals surface area contributed by atoms with Crippen LogP contribution in [0, 0.1) is 22.5 Å². The van der Waals surface area contributed by atoms with Gasteiger partial charge in [-0.2, -0.15) is 0 Å². The van der Waals surface area contributed by atoms with Crippen LogP contribution in [0.4, 0.5) is 10.5 Å². The number of non-ortho nitro benzene ring substituents is 1. The van der Waals surface area contributed by atoms with Crippen molar-refractivity contribution in [2.24, 2.45) is 0 Å². The summed E-state index contributed by atoms with van der Waals surface area (Å²) in [6, 6.07) is 9.45. The Labute approximate surface area is 190 Å². The number of carbonyl (C=O) groups is 2. The first-order valence-corrected chi connectivity index (χ1v) is 10.4. The minimum atomic E-state index is -0.471. The zero-order valence-electron chi connectivity index (χ0n) is 16.2. The van der Waals surface area contributed by atoms with E-state index in [-0.39, 0.29) is 23.7 Å². The van der Waals surface area contributed by atoms with Crippen molar-refractivity contribution in [3.05, 3.63) is 67.0 Å². The number of imide groups is 1.